The predicted molar refractivity (Wildman–Crippen MR) is 53.1 cm³/mol. The van der Waals surface area contributed by atoms with Gasteiger partial charge in [-0.3, -0.25) is 10.1 Å². The van der Waals surface area contributed by atoms with Crippen LogP contribution in [0.15, 0.2) is 18.5 Å². The number of hydrogen-bond acceptors (Lipinski definition) is 4. The summed E-state index contributed by atoms with van der Waals surface area (Å²) in [6.07, 6.45) is 5.65. The molecule has 2 N–H and O–H groups in total. The number of rotatable bonds is 4. The Bertz CT molecular complexity index is 349. The maximum Gasteiger partial charge on any atom is 0.323 e. The largest absolute Gasteiger partial charge is 0.480 e. The van der Waals surface area contributed by atoms with Crippen LogP contribution in [0.3, 0.4) is 0 Å². The van der Waals surface area contributed by atoms with Crippen molar-refractivity contribution in [1.29, 1.82) is 0 Å². The van der Waals surface area contributed by atoms with E-state index in [2.05, 4.69) is 15.3 Å². The van der Waals surface area contributed by atoms with Gasteiger partial charge in [-0.15, -0.1) is 0 Å². The molecule has 1 aromatic heterocycles. The van der Waals surface area contributed by atoms with Crippen molar-refractivity contribution in [3.63, 3.8) is 0 Å². The molecule has 1 aromatic rings. The highest BCUT2D eigenvalue weighted by atomic mass is 16.4. The van der Waals surface area contributed by atoms with Gasteiger partial charge in [0.25, 0.3) is 0 Å². The molecule has 0 atom stereocenters. The summed E-state index contributed by atoms with van der Waals surface area (Å²) in [5.41, 5.74) is -0.737. The fourth-order valence-corrected chi connectivity index (χ4v) is 1.67. The molecule has 80 valence electrons. The predicted octanol–water partition coefficient (Wildman–Crippen LogP) is 0.573. The summed E-state index contributed by atoms with van der Waals surface area (Å²) in [4.78, 5) is 19.1. The molecule has 0 amide bonds. The van der Waals surface area contributed by atoms with Crippen molar-refractivity contribution in [1.82, 2.24) is 15.3 Å². The molecule has 0 bridgehead atoms. The lowest BCUT2D eigenvalue weighted by molar-refractivity contribution is -0.148. The van der Waals surface area contributed by atoms with Gasteiger partial charge in [-0.1, -0.05) is 0 Å². The zero-order valence-electron chi connectivity index (χ0n) is 8.31. The summed E-state index contributed by atoms with van der Waals surface area (Å²) in [6.45, 7) is 0.410. The van der Waals surface area contributed by atoms with Crippen LogP contribution in [0.25, 0.3) is 0 Å². The Labute approximate surface area is 87.6 Å². The molecule has 1 heterocycles. The molecule has 1 fully saturated rings. The minimum atomic E-state index is -0.773. The third-order valence-electron chi connectivity index (χ3n) is 2.82. The first-order chi connectivity index (χ1) is 7.23. The van der Waals surface area contributed by atoms with E-state index in [0.717, 1.165) is 6.42 Å². The summed E-state index contributed by atoms with van der Waals surface area (Å²) >= 11 is 0. The zero-order chi connectivity index (χ0) is 10.7. The van der Waals surface area contributed by atoms with Gasteiger partial charge in [0.15, 0.2) is 0 Å². The van der Waals surface area contributed by atoms with Gasteiger partial charge in [-0.25, -0.2) is 9.97 Å². The molecule has 0 unspecified atom stereocenters. The van der Waals surface area contributed by atoms with E-state index in [1.807, 2.05) is 0 Å². The van der Waals surface area contributed by atoms with E-state index in [4.69, 9.17) is 5.11 Å². The molecule has 0 radical (unpaired) electrons. The van der Waals surface area contributed by atoms with E-state index >= 15 is 0 Å². The summed E-state index contributed by atoms with van der Waals surface area (Å²) in [5.74, 6) is -0.144. The topological polar surface area (TPSA) is 75.1 Å². The molecule has 5 heteroatoms. The molecule has 1 aliphatic rings. The third kappa shape index (κ3) is 1.97. The van der Waals surface area contributed by atoms with Crippen molar-refractivity contribution in [2.24, 2.45) is 0 Å². The Hall–Kier alpha value is -1.49. The Balaban J connectivity index is 1.95. The van der Waals surface area contributed by atoms with Crippen molar-refractivity contribution in [2.75, 3.05) is 0 Å². The second kappa shape index (κ2) is 3.94. The van der Waals surface area contributed by atoms with E-state index in [0.29, 0.717) is 25.2 Å². The standard InChI is InChI=1S/C10H13N3O2/c14-9(15)10(3-1-4-10)13-7-8-11-5-2-6-12-8/h2,5-6,13H,1,3-4,7H2,(H,14,15). The molecular formula is C10H13N3O2. The highest BCUT2D eigenvalue weighted by Crippen LogP contribution is 2.32. The lowest BCUT2D eigenvalue weighted by Crippen LogP contribution is -2.56. The number of hydrogen-bond donors (Lipinski definition) is 2. The van der Waals surface area contributed by atoms with Crippen LogP contribution in [-0.4, -0.2) is 26.6 Å². The van der Waals surface area contributed by atoms with Crippen molar-refractivity contribution in [2.45, 2.75) is 31.3 Å². The normalized spacial score (nSPS) is 18.1. The number of nitrogens with one attached hydrogen (secondary N) is 1. The second-order valence-electron chi connectivity index (χ2n) is 3.76. The molecule has 0 spiro atoms. The molecule has 5 nitrogen and oxygen atoms in total. The fourth-order valence-electron chi connectivity index (χ4n) is 1.67. The number of aliphatic carboxylic acids is 1. The third-order valence-corrected chi connectivity index (χ3v) is 2.82. The van der Waals surface area contributed by atoms with Gasteiger partial charge in [-0.2, -0.15) is 0 Å². The van der Waals surface area contributed by atoms with Gasteiger partial charge in [0.05, 0.1) is 6.54 Å². The molecule has 0 aromatic carbocycles. The van der Waals surface area contributed by atoms with Crippen molar-refractivity contribution < 1.29 is 9.90 Å². The SMILES string of the molecule is O=C(O)C1(NCc2ncccn2)CCC1. The fraction of sp³-hybridized carbons (Fsp3) is 0.500. The van der Waals surface area contributed by atoms with Crippen molar-refractivity contribution in [3.8, 4) is 0 Å². The van der Waals surface area contributed by atoms with E-state index in [1.54, 1.807) is 18.5 Å². The number of aromatic nitrogens is 2. The first-order valence-electron chi connectivity index (χ1n) is 4.97. The molecule has 0 aliphatic heterocycles. The van der Waals surface area contributed by atoms with Gasteiger partial charge < -0.3 is 5.11 Å². The quantitative estimate of drug-likeness (QED) is 0.755. The van der Waals surface area contributed by atoms with Crippen LogP contribution in [0.2, 0.25) is 0 Å². The van der Waals surface area contributed by atoms with Gasteiger partial charge in [-0.05, 0) is 25.3 Å². The molecule has 2 rings (SSSR count). The molecule has 15 heavy (non-hydrogen) atoms. The monoisotopic (exact) mass is 207 g/mol. The van der Waals surface area contributed by atoms with Gasteiger partial charge in [0, 0.05) is 12.4 Å². The Morgan fingerprint density at radius 3 is 2.60 bits per heavy atom. The average molecular weight is 207 g/mol. The first-order valence-corrected chi connectivity index (χ1v) is 4.97. The van der Waals surface area contributed by atoms with E-state index in [-0.39, 0.29) is 0 Å². The number of carboxylic acid groups (broad SMARTS) is 1. The summed E-state index contributed by atoms with van der Waals surface area (Å²) < 4.78 is 0. The van der Waals surface area contributed by atoms with Crippen LogP contribution in [0.1, 0.15) is 25.1 Å². The Morgan fingerprint density at radius 2 is 2.13 bits per heavy atom. The van der Waals surface area contributed by atoms with Crippen molar-refractivity contribution >= 4 is 5.97 Å². The summed E-state index contributed by atoms with van der Waals surface area (Å²) in [6, 6.07) is 1.74. The number of nitrogens with zero attached hydrogens (tertiary/aromatic N) is 2. The van der Waals surface area contributed by atoms with Crippen LogP contribution in [-0.2, 0) is 11.3 Å². The molecule has 1 saturated carbocycles. The Morgan fingerprint density at radius 1 is 1.47 bits per heavy atom. The Kier molecular flexibility index (Phi) is 2.64. The molecule has 1 aliphatic carbocycles. The summed E-state index contributed by atoms with van der Waals surface area (Å²) in [5, 5.41) is 12.1. The minimum absolute atomic E-state index is 0.410. The van der Waals surface area contributed by atoms with Crippen LogP contribution < -0.4 is 5.32 Å². The number of carbonyl (C=O) groups is 1. The van der Waals surface area contributed by atoms with Crippen LogP contribution >= 0.6 is 0 Å². The minimum Gasteiger partial charge on any atom is -0.480 e. The highest BCUT2D eigenvalue weighted by molar-refractivity contribution is 5.79. The van der Waals surface area contributed by atoms with E-state index in [9.17, 15) is 4.79 Å². The maximum absolute atomic E-state index is 11.0. The highest BCUT2D eigenvalue weighted by Gasteiger charge is 2.43. The van der Waals surface area contributed by atoms with Crippen LogP contribution in [0.5, 0.6) is 0 Å². The first kappa shape index (κ1) is 10.0. The van der Waals surface area contributed by atoms with Crippen LogP contribution in [0.4, 0.5) is 0 Å². The average Bonchev–Trinajstić information content (AvgIpc) is 2.17. The maximum atomic E-state index is 11.0. The smallest absolute Gasteiger partial charge is 0.323 e. The van der Waals surface area contributed by atoms with Gasteiger partial charge >= 0.3 is 5.97 Å². The van der Waals surface area contributed by atoms with Gasteiger partial charge in [0.2, 0.25) is 0 Å². The van der Waals surface area contributed by atoms with Crippen molar-refractivity contribution in [3.05, 3.63) is 24.3 Å². The molecule has 0 saturated heterocycles. The number of carboxylic acids is 1. The van der Waals surface area contributed by atoms with Gasteiger partial charge in [0.1, 0.15) is 11.4 Å². The lowest BCUT2D eigenvalue weighted by Gasteiger charge is -2.38. The zero-order valence-corrected chi connectivity index (χ0v) is 8.31. The van der Waals surface area contributed by atoms with Crippen LogP contribution in [0, 0.1) is 0 Å². The van der Waals surface area contributed by atoms with E-state index in [1.165, 1.54) is 0 Å². The lowest BCUT2D eigenvalue weighted by atomic mass is 9.77. The molecular weight excluding hydrogens is 194 g/mol. The second-order valence-corrected chi connectivity index (χ2v) is 3.76. The van der Waals surface area contributed by atoms with E-state index < -0.39 is 11.5 Å². The summed E-state index contributed by atoms with van der Waals surface area (Å²) in [7, 11) is 0.